The smallest absolute Gasteiger partial charge is 0.282 e. The molecule has 0 saturated heterocycles. The number of methoxy groups -OCH3 is 4. The van der Waals surface area contributed by atoms with Crippen LogP contribution >= 0.6 is 0 Å². The summed E-state index contributed by atoms with van der Waals surface area (Å²) in [5.41, 5.74) is 3.98. The van der Waals surface area contributed by atoms with E-state index in [1.54, 1.807) is 28.4 Å². The Morgan fingerprint density at radius 3 is 1.93 bits per heavy atom. The molecule has 4 aromatic carbocycles. The van der Waals surface area contributed by atoms with Gasteiger partial charge >= 0.3 is 0 Å². The highest BCUT2D eigenvalue weighted by Gasteiger charge is 2.56. The molecule has 6 heteroatoms. The fourth-order valence-corrected chi connectivity index (χ4v) is 5.89. The van der Waals surface area contributed by atoms with Gasteiger partial charge in [0, 0.05) is 22.6 Å². The summed E-state index contributed by atoms with van der Waals surface area (Å²) < 4.78 is 36.3. The van der Waals surface area contributed by atoms with Gasteiger partial charge in [-0.15, -0.1) is 0 Å². The molecular weight excluding hydrogens is 504 g/mol. The van der Waals surface area contributed by atoms with Gasteiger partial charge in [0.2, 0.25) is 0 Å². The van der Waals surface area contributed by atoms with Gasteiger partial charge in [-0.1, -0.05) is 36.4 Å². The first kappa shape index (κ1) is 25.7. The van der Waals surface area contributed by atoms with Crippen LogP contribution in [0.25, 0.3) is 6.08 Å². The van der Waals surface area contributed by atoms with E-state index in [1.807, 2.05) is 84.9 Å². The summed E-state index contributed by atoms with van der Waals surface area (Å²) in [5, 5.41) is 0. The molecule has 4 aromatic rings. The number of fused-ring (bicyclic) bond motifs is 3. The molecule has 40 heavy (non-hydrogen) atoms. The van der Waals surface area contributed by atoms with E-state index in [2.05, 4.69) is 12.2 Å². The summed E-state index contributed by atoms with van der Waals surface area (Å²) in [6.07, 6.45) is 5.04. The van der Waals surface area contributed by atoms with Crippen molar-refractivity contribution in [1.82, 2.24) is 0 Å². The summed E-state index contributed by atoms with van der Waals surface area (Å²) in [6.45, 7) is 0. The van der Waals surface area contributed by atoms with Crippen LogP contribution in [0, 0.1) is 5.92 Å². The Kier molecular flexibility index (Phi) is 6.76. The van der Waals surface area contributed by atoms with E-state index < -0.39 is 5.79 Å². The van der Waals surface area contributed by atoms with Gasteiger partial charge < -0.3 is 28.4 Å². The molecule has 2 aliphatic rings. The van der Waals surface area contributed by atoms with Crippen molar-refractivity contribution in [2.75, 3.05) is 28.4 Å². The lowest BCUT2D eigenvalue weighted by Crippen LogP contribution is -2.54. The molecule has 0 amide bonds. The number of rotatable bonds is 7. The first-order valence-electron chi connectivity index (χ1n) is 13.3. The monoisotopic (exact) mass is 536 g/mol. The summed E-state index contributed by atoms with van der Waals surface area (Å²) >= 11 is 0. The lowest BCUT2D eigenvalue weighted by Gasteiger charge is -2.50. The number of hydrogen-bond donors (Lipinski definition) is 0. The molecule has 0 aromatic heterocycles. The van der Waals surface area contributed by atoms with E-state index in [-0.39, 0.29) is 11.8 Å². The minimum Gasteiger partial charge on any atom is -0.497 e. The number of allylic oxidation sites excluding steroid dienone is 1. The first-order chi connectivity index (χ1) is 19.6. The quantitative estimate of drug-likeness (QED) is 0.253. The Morgan fingerprint density at radius 1 is 0.675 bits per heavy atom. The molecule has 204 valence electrons. The number of hydrogen-bond acceptors (Lipinski definition) is 6. The second kappa shape index (κ2) is 10.5. The number of benzene rings is 4. The second-order valence-corrected chi connectivity index (χ2v) is 9.88. The van der Waals surface area contributed by atoms with Crippen molar-refractivity contribution < 1.29 is 28.4 Å². The zero-order valence-electron chi connectivity index (χ0n) is 23.0. The topological polar surface area (TPSA) is 55.4 Å². The molecule has 3 atom stereocenters. The van der Waals surface area contributed by atoms with Gasteiger partial charge in [-0.05, 0) is 72.6 Å². The number of ether oxygens (including phenoxy) is 6. The molecule has 6 nitrogen and oxygen atoms in total. The van der Waals surface area contributed by atoms with Crippen LogP contribution in [0.15, 0.2) is 91.0 Å². The summed E-state index contributed by atoms with van der Waals surface area (Å²) in [6, 6.07) is 27.8. The van der Waals surface area contributed by atoms with E-state index in [9.17, 15) is 0 Å². The van der Waals surface area contributed by atoms with Crippen molar-refractivity contribution in [3.05, 3.63) is 113 Å². The molecule has 0 spiro atoms. The van der Waals surface area contributed by atoms with Crippen LogP contribution in [-0.2, 0) is 12.2 Å². The Balaban J connectivity index is 1.56. The predicted octanol–water partition coefficient (Wildman–Crippen LogP) is 7.01. The second-order valence-electron chi connectivity index (χ2n) is 9.88. The van der Waals surface area contributed by atoms with E-state index in [0.717, 1.165) is 56.8 Å². The van der Waals surface area contributed by atoms with Crippen molar-refractivity contribution in [3.8, 4) is 34.5 Å². The molecular formula is C34H32O6. The maximum atomic E-state index is 6.93. The Bertz CT molecular complexity index is 1530. The Hall–Kier alpha value is -4.58. The summed E-state index contributed by atoms with van der Waals surface area (Å²) in [5.74, 6) is 3.27. The van der Waals surface area contributed by atoms with Crippen LogP contribution in [0.2, 0.25) is 0 Å². The van der Waals surface area contributed by atoms with E-state index >= 15 is 0 Å². The van der Waals surface area contributed by atoms with Gasteiger partial charge in [-0.25, -0.2) is 0 Å². The largest absolute Gasteiger partial charge is 0.497 e. The standard InChI is InChI=1S/C34H32O6/c1-35-24-16-11-22(12-17-24)13-20-26-28-21-27-29(37-3)7-5-8-30(27)39-34(28,23-14-18-25(36-2)19-15-23)40-32-10-6-9-31(38-4)33(26)32/h5-20,26,28H,21H2,1-4H3/b20-13+/t26?,28-,34+/m1/s1. The van der Waals surface area contributed by atoms with E-state index in [1.165, 1.54) is 0 Å². The highest BCUT2D eigenvalue weighted by atomic mass is 16.7. The Labute approximate surface area is 234 Å². The van der Waals surface area contributed by atoms with Crippen molar-refractivity contribution in [1.29, 1.82) is 0 Å². The molecule has 0 N–H and O–H groups in total. The highest BCUT2D eigenvalue weighted by Crippen LogP contribution is 2.58. The summed E-state index contributed by atoms with van der Waals surface area (Å²) in [7, 11) is 6.72. The maximum Gasteiger partial charge on any atom is 0.282 e. The van der Waals surface area contributed by atoms with Crippen LogP contribution in [0.1, 0.15) is 28.2 Å². The maximum absolute atomic E-state index is 6.93. The lowest BCUT2D eigenvalue weighted by molar-refractivity contribution is -0.188. The van der Waals surface area contributed by atoms with Crippen molar-refractivity contribution in [2.24, 2.45) is 5.92 Å². The normalized spacial score (nSPS) is 20.8. The third kappa shape index (κ3) is 4.30. The van der Waals surface area contributed by atoms with Gasteiger partial charge in [0.25, 0.3) is 5.79 Å². The third-order valence-corrected chi connectivity index (χ3v) is 7.86. The zero-order valence-corrected chi connectivity index (χ0v) is 23.0. The average Bonchev–Trinajstić information content (AvgIpc) is 3.01. The molecule has 0 fully saturated rings. The van der Waals surface area contributed by atoms with Gasteiger partial charge in [0.15, 0.2) is 0 Å². The summed E-state index contributed by atoms with van der Waals surface area (Å²) in [4.78, 5) is 0. The van der Waals surface area contributed by atoms with Gasteiger partial charge in [0.1, 0.15) is 34.5 Å². The van der Waals surface area contributed by atoms with Gasteiger partial charge in [-0.3, -0.25) is 0 Å². The molecule has 0 saturated carbocycles. The minimum absolute atomic E-state index is 0.109. The molecule has 1 unspecified atom stereocenters. The molecule has 0 aliphatic carbocycles. The predicted molar refractivity (Wildman–Crippen MR) is 154 cm³/mol. The third-order valence-electron chi connectivity index (χ3n) is 7.86. The van der Waals surface area contributed by atoms with Crippen LogP contribution in [0.5, 0.6) is 34.5 Å². The van der Waals surface area contributed by atoms with Crippen molar-refractivity contribution >= 4 is 6.08 Å². The zero-order chi connectivity index (χ0) is 27.7. The van der Waals surface area contributed by atoms with E-state index in [4.69, 9.17) is 28.4 Å². The highest BCUT2D eigenvalue weighted by molar-refractivity contribution is 5.59. The van der Waals surface area contributed by atoms with E-state index in [0.29, 0.717) is 6.42 Å². The van der Waals surface area contributed by atoms with Crippen molar-refractivity contribution in [2.45, 2.75) is 18.1 Å². The average molecular weight is 537 g/mol. The Morgan fingerprint density at radius 2 is 1.27 bits per heavy atom. The van der Waals surface area contributed by atoms with Crippen LogP contribution in [-0.4, -0.2) is 28.4 Å². The minimum atomic E-state index is -1.10. The van der Waals surface area contributed by atoms with Gasteiger partial charge in [-0.2, -0.15) is 0 Å². The fraction of sp³-hybridized carbons (Fsp3) is 0.235. The molecule has 0 radical (unpaired) electrons. The molecule has 0 bridgehead atoms. The molecule has 6 rings (SSSR count). The first-order valence-corrected chi connectivity index (χ1v) is 13.3. The lowest BCUT2D eigenvalue weighted by atomic mass is 9.70. The van der Waals surface area contributed by atoms with Crippen LogP contribution in [0.4, 0.5) is 0 Å². The van der Waals surface area contributed by atoms with Crippen LogP contribution < -0.4 is 28.4 Å². The van der Waals surface area contributed by atoms with Gasteiger partial charge in [0.05, 0.1) is 34.4 Å². The fourth-order valence-electron chi connectivity index (χ4n) is 5.89. The van der Waals surface area contributed by atoms with Crippen LogP contribution in [0.3, 0.4) is 0 Å². The van der Waals surface area contributed by atoms with Crippen molar-refractivity contribution in [3.63, 3.8) is 0 Å². The molecule has 2 heterocycles. The SMILES string of the molecule is COc1ccc(/C=C/C2c3c(OC)cccc3O[C@]3(c4ccc(OC)cc4)Oc4cccc(OC)c4C[C@H]23)cc1. The molecule has 2 aliphatic heterocycles.